The van der Waals surface area contributed by atoms with Crippen LogP contribution in [-0.2, 0) is 6.42 Å². The predicted molar refractivity (Wildman–Crippen MR) is 125 cm³/mol. The Morgan fingerprint density at radius 3 is 2.56 bits per heavy atom. The molecular weight excluding hydrogens is 428 g/mol. The van der Waals surface area contributed by atoms with Crippen LogP contribution < -0.4 is 25.0 Å². The van der Waals surface area contributed by atoms with E-state index in [1.165, 1.54) is 25.6 Å². The predicted octanol–water partition coefficient (Wildman–Crippen LogP) is 4.17. The van der Waals surface area contributed by atoms with Crippen LogP contribution >= 0.6 is 11.3 Å². The molecule has 0 aliphatic carbocycles. The summed E-state index contributed by atoms with van der Waals surface area (Å²) in [6.07, 6.45) is 0.797. The molecule has 166 valence electrons. The van der Waals surface area contributed by atoms with Gasteiger partial charge in [0.25, 0.3) is 5.91 Å². The first kappa shape index (κ1) is 21.6. The number of fused-ring (bicyclic) bond motifs is 1. The van der Waals surface area contributed by atoms with Crippen molar-refractivity contribution >= 4 is 34.1 Å². The fraction of sp³-hybridized carbons (Fsp3) is 0.261. The van der Waals surface area contributed by atoms with Gasteiger partial charge in [0.1, 0.15) is 11.5 Å². The lowest BCUT2D eigenvalue weighted by Crippen LogP contribution is -2.38. The summed E-state index contributed by atoms with van der Waals surface area (Å²) in [6, 6.07) is 10.9. The first-order valence-electron chi connectivity index (χ1n) is 10.2. The van der Waals surface area contributed by atoms with E-state index < -0.39 is 0 Å². The lowest BCUT2D eigenvalue weighted by molar-refractivity contribution is 0.102. The Balaban J connectivity index is 1.50. The van der Waals surface area contributed by atoms with Crippen LogP contribution in [0.4, 0.5) is 15.6 Å². The minimum absolute atomic E-state index is 0.0770. The molecule has 2 N–H and O–H groups in total. The number of hydrogen-bond donors (Lipinski definition) is 2. The molecule has 0 saturated carbocycles. The number of carbonyl (C=O) groups is 2. The summed E-state index contributed by atoms with van der Waals surface area (Å²) in [5.41, 5.74) is 4.17. The van der Waals surface area contributed by atoms with E-state index >= 15 is 0 Å². The molecule has 3 amide bonds. The van der Waals surface area contributed by atoms with E-state index in [-0.39, 0.29) is 11.9 Å². The van der Waals surface area contributed by atoms with E-state index in [1.54, 1.807) is 23.1 Å². The van der Waals surface area contributed by atoms with E-state index in [9.17, 15) is 9.59 Å². The number of ether oxygens (including phenoxy) is 2. The Labute approximate surface area is 190 Å². The summed E-state index contributed by atoms with van der Waals surface area (Å²) in [5, 5.41) is 8.08. The molecule has 0 fully saturated rings. The molecule has 0 radical (unpaired) electrons. The smallest absolute Gasteiger partial charge is 0.321 e. The van der Waals surface area contributed by atoms with Crippen LogP contribution in [0.1, 0.15) is 22.8 Å². The molecule has 1 aliphatic rings. The Hall–Kier alpha value is -3.59. The number of urea groups is 1. The quantitative estimate of drug-likeness (QED) is 0.586. The fourth-order valence-electron chi connectivity index (χ4n) is 3.59. The van der Waals surface area contributed by atoms with Crippen LogP contribution in [-0.4, -0.2) is 44.2 Å². The number of nitrogens with zero attached hydrogens (tertiary/aromatic N) is 2. The molecule has 3 aromatic rings. The Bertz CT molecular complexity index is 1140. The Morgan fingerprint density at radius 1 is 1.12 bits per heavy atom. The maximum Gasteiger partial charge on any atom is 0.321 e. The zero-order valence-electron chi connectivity index (χ0n) is 18.1. The number of anilines is 2. The minimum Gasteiger partial charge on any atom is -0.497 e. The zero-order chi connectivity index (χ0) is 22.7. The summed E-state index contributed by atoms with van der Waals surface area (Å²) in [4.78, 5) is 31.3. The van der Waals surface area contributed by atoms with Crippen LogP contribution in [0.3, 0.4) is 0 Å². The standard InChI is InChI=1S/C23H24N4O4S/c1-4-24-23(29)27-8-7-15-9-14(5-6-20(15)27)19-13-32-22(25-19)26-21(28)16-10-17(30-2)12-18(11-16)31-3/h5-6,9-13H,4,7-8H2,1-3H3,(H,24,29)(H,25,26,28). The summed E-state index contributed by atoms with van der Waals surface area (Å²) in [7, 11) is 3.07. The van der Waals surface area contributed by atoms with Crippen molar-refractivity contribution in [1.29, 1.82) is 0 Å². The van der Waals surface area contributed by atoms with Crippen LogP contribution in [0.5, 0.6) is 11.5 Å². The lowest BCUT2D eigenvalue weighted by Gasteiger charge is -2.17. The van der Waals surface area contributed by atoms with Crippen molar-refractivity contribution in [2.24, 2.45) is 0 Å². The highest BCUT2D eigenvalue weighted by Gasteiger charge is 2.24. The number of carbonyl (C=O) groups excluding carboxylic acids is 2. The minimum atomic E-state index is -0.297. The summed E-state index contributed by atoms with van der Waals surface area (Å²) in [5.74, 6) is 0.776. The van der Waals surface area contributed by atoms with Gasteiger partial charge in [0.15, 0.2) is 5.13 Å². The monoisotopic (exact) mass is 452 g/mol. The molecule has 1 aromatic heterocycles. The number of methoxy groups -OCH3 is 2. The van der Waals surface area contributed by atoms with Crippen LogP contribution in [0.15, 0.2) is 41.8 Å². The van der Waals surface area contributed by atoms with Crippen LogP contribution in [0.25, 0.3) is 11.3 Å². The molecule has 0 unspecified atom stereocenters. The molecule has 2 aromatic carbocycles. The maximum absolute atomic E-state index is 12.7. The largest absolute Gasteiger partial charge is 0.497 e. The third-order valence-corrected chi connectivity index (χ3v) is 5.94. The van der Waals surface area contributed by atoms with E-state index in [2.05, 4.69) is 21.7 Å². The SMILES string of the molecule is CCNC(=O)N1CCc2cc(-c3csc(NC(=O)c4cc(OC)cc(OC)c4)n3)ccc21. The number of benzene rings is 2. The van der Waals surface area contributed by atoms with Crippen molar-refractivity contribution in [3.05, 3.63) is 52.9 Å². The molecule has 9 heteroatoms. The first-order valence-corrected chi connectivity index (χ1v) is 11.1. The topological polar surface area (TPSA) is 92.8 Å². The molecule has 1 aliphatic heterocycles. The highest BCUT2D eigenvalue weighted by Crippen LogP contribution is 2.33. The van der Waals surface area contributed by atoms with Crippen LogP contribution in [0, 0.1) is 0 Å². The molecular formula is C23H24N4O4S. The van der Waals surface area contributed by atoms with Gasteiger partial charge in [-0.2, -0.15) is 0 Å². The molecule has 2 heterocycles. The van der Waals surface area contributed by atoms with Gasteiger partial charge >= 0.3 is 6.03 Å². The van der Waals surface area contributed by atoms with Gasteiger partial charge in [-0.3, -0.25) is 15.0 Å². The van der Waals surface area contributed by atoms with Crippen molar-refractivity contribution in [3.63, 3.8) is 0 Å². The van der Waals surface area contributed by atoms with Gasteiger partial charge in [-0.25, -0.2) is 9.78 Å². The van der Waals surface area contributed by atoms with Gasteiger partial charge in [-0.05, 0) is 43.2 Å². The Kier molecular flexibility index (Phi) is 6.27. The van der Waals surface area contributed by atoms with Gasteiger partial charge in [0.05, 0.1) is 19.9 Å². The summed E-state index contributed by atoms with van der Waals surface area (Å²) in [6.45, 7) is 3.16. The number of aromatic nitrogens is 1. The summed E-state index contributed by atoms with van der Waals surface area (Å²) >= 11 is 1.35. The van der Waals surface area contributed by atoms with Crippen molar-refractivity contribution in [2.45, 2.75) is 13.3 Å². The van der Waals surface area contributed by atoms with Gasteiger partial charge in [0, 0.05) is 41.4 Å². The van der Waals surface area contributed by atoms with Gasteiger partial charge in [0.2, 0.25) is 0 Å². The average Bonchev–Trinajstić information content (AvgIpc) is 3.45. The third kappa shape index (κ3) is 4.38. The second-order valence-electron chi connectivity index (χ2n) is 7.17. The highest BCUT2D eigenvalue weighted by molar-refractivity contribution is 7.14. The molecule has 0 spiro atoms. The van der Waals surface area contributed by atoms with Crippen molar-refractivity contribution < 1.29 is 19.1 Å². The van der Waals surface area contributed by atoms with Crippen molar-refractivity contribution in [3.8, 4) is 22.8 Å². The maximum atomic E-state index is 12.7. The number of thiazole rings is 1. The molecule has 8 nitrogen and oxygen atoms in total. The second kappa shape index (κ2) is 9.27. The van der Waals surface area contributed by atoms with Crippen molar-refractivity contribution in [1.82, 2.24) is 10.3 Å². The average molecular weight is 453 g/mol. The zero-order valence-corrected chi connectivity index (χ0v) is 18.9. The number of rotatable bonds is 6. The van der Waals surface area contributed by atoms with Gasteiger partial charge in [-0.15, -0.1) is 11.3 Å². The number of amides is 3. The normalized spacial score (nSPS) is 12.3. The lowest BCUT2D eigenvalue weighted by atomic mass is 10.1. The van der Waals surface area contributed by atoms with Crippen LogP contribution in [0.2, 0.25) is 0 Å². The number of nitrogens with one attached hydrogen (secondary N) is 2. The molecule has 32 heavy (non-hydrogen) atoms. The fourth-order valence-corrected chi connectivity index (χ4v) is 4.30. The molecule has 4 rings (SSSR count). The molecule has 0 saturated heterocycles. The highest BCUT2D eigenvalue weighted by atomic mass is 32.1. The van der Waals surface area contributed by atoms with E-state index in [1.807, 2.05) is 24.4 Å². The van der Waals surface area contributed by atoms with Gasteiger partial charge in [-0.1, -0.05) is 6.07 Å². The van der Waals surface area contributed by atoms with E-state index in [0.29, 0.717) is 35.3 Å². The van der Waals surface area contributed by atoms with Gasteiger partial charge < -0.3 is 14.8 Å². The number of hydrogen-bond acceptors (Lipinski definition) is 6. The third-order valence-electron chi connectivity index (χ3n) is 5.18. The Morgan fingerprint density at radius 2 is 1.88 bits per heavy atom. The molecule has 0 atom stereocenters. The summed E-state index contributed by atoms with van der Waals surface area (Å²) < 4.78 is 10.5. The van der Waals surface area contributed by atoms with Crippen molar-refractivity contribution in [2.75, 3.05) is 37.5 Å². The first-order chi connectivity index (χ1) is 15.5. The van der Waals surface area contributed by atoms with E-state index in [0.717, 1.165) is 28.9 Å². The second-order valence-corrected chi connectivity index (χ2v) is 8.03. The molecule has 0 bridgehead atoms. The van der Waals surface area contributed by atoms with E-state index in [4.69, 9.17) is 9.47 Å².